The number of alkyl halides is 5. The van der Waals surface area contributed by atoms with Crippen LogP contribution < -0.4 is 9.47 Å². The zero-order chi connectivity index (χ0) is 25.6. The molecule has 3 rings (SSSR count). The van der Waals surface area contributed by atoms with Crippen LogP contribution in [0.15, 0.2) is 36.4 Å². The number of rotatable bonds is 5. The van der Waals surface area contributed by atoms with E-state index in [1.165, 1.54) is 0 Å². The van der Waals surface area contributed by atoms with Crippen molar-refractivity contribution in [3.63, 3.8) is 0 Å². The van der Waals surface area contributed by atoms with Crippen LogP contribution >= 0.6 is 0 Å². The van der Waals surface area contributed by atoms with Gasteiger partial charge in [0.1, 0.15) is 40.4 Å². The highest BCUT2D eigenvalue weighted by atomic mass is 19.4. The molecule has 0 amide bonds. The summed E-state index contributed by atoms with van der Waals surface area (Å²) in [5, 5.41) is 0. The molecule has 34 heavy (non-hydrogen) atoms. The van der Waals surface area contributed by atoms with E-state index in [2.05, 4.69) is 9.47 Å². The van der Waals surface area contributed by atoms with Crippen molar-refractivity contribution in [3.8, 4) is 22.6 Å². The van der Waals surface area contributed by atoms with Gasteiger partial charge < -0.3 is 9.47 Å². The van der Waals surface area contributed by atoms with Crippen LogP contribution in [-0.2, 0) is 6.11 Å². The topological polar surface area (TPSA) is 18.5 Å². The van der Waals surface area contributed by atoms with Gasteiger partial charge in [0.15, 0.2) is 11.6 Å². The van der Waals surface area contributed by atoms with Crippen LogP contribution in [-0.4, -0.2) is 6.36 Å². The molecule has 0 aliphatic heterocycles. The number of ether oxygens (including phenoxy) is 2. The Balaban J connectivity index is 1.99. The van der Waals surface area contributed by atoms with Crippen LogP contribution in [0.1, 0.15) is 5.56 Å². The standard InChI is InChI=1S/C20H6F12O2/c21-8-3-10(22)16(11(23)4-8)7-1-12(24)17(13(25)2-7)19(28,29)33-9-5-14(26)18(15(27)6-9)34-20(30,31)32/h1-6H. The van der Waals surface area contributed by atoms with Gasteiger partial charge in [0.05, 0.1) is 5.56 Å². The summed E-state index contributed by atoms with van der Waals surface area (Å²) < 4.78 is 169. The first-order chi connectivity index (χ1) is 15.6. The summed E-state index contributed by atoms with van der Waals surface area (Å²) in [6.07, 6.45) is -10.6. The van der Waals surface area contributed by atoms with Crippen LogP contribution in [0, 0.1) is 40.7 Å². The predicted molar refractivity (Wildman–Crippen MR) is 89.2 cm³/mol. The Morgan fingerprint density at radius 2 is 1.00 bits per heavy atom. The molecule has 0 heterocycles. The lowest BCUT2D eigenvalue weighted by molar-refractivity contribution is -0.276. The van der Waals surface area contributed by atoms with E-state index in [4.69, 9.17) is 0 Å². The lowest BCUT2D eigenvalue weighted by Gasteiger charge is -2.20. The summed E-state index contributed by atoms with van der Waals surface area (Å²) in [7, 11) is 0. The molecule has 182 valence electrons. The Morgan fingerprint density at radius 3 is 1.44 bits per heavy atom. The van der Waals surface area contributed by atoms with Crippen molar-refractivity contribution < 1.29 is 62.2 Å². The van der Waals surface area contributed by atoms with Gasteiger partial charge in [0.25, 0.3) is 0 Å². The summed E-state index contributed by atoms with van der Waals surface area (Å²) in [5.74, 6) is -16.6. The molecule has 0 unspecified atom stereocenters. The van der Waals surface area contributed by atoms with E-state index in [0.717, 1.165) is 0 Å². The molecule has 3 aromatic rings. The minimum atomic E-state index is -5.54. The quantitative estimate of drug-likeness (QED) is 0.337. The van der Waals surface area contributed by atoms with E-state index < -0.39 is 81.4 Å². The number of halogens is 12. The molecular formula is C20H6F12O2. The average Bonchev–Trinajstić information content (AvgIpc) is 2.62. The number of hydrogen-bond donors (Lipinski definition) is 0. The first-order valence-electron chi connectivity index (χ1n) is 8.55. The maximum atomic E-state index is 14.4. The fourth-order valence-electron chi connectivity index (χ4n) is 2.82. The SMILES string of the molecule is Fc1cc(F)c(-c2cc(F)c(C(F)(F)Oc3cc(F)c(OC(F)(F)F)c(F)c3)c(F)c2)c(F)c1. The molecular weight excluding hydrogens is 500 g/mol. The second-order valence-corrected chi connectivity index (χ2v) is 6.44. The van der Waals surface area contributed by atoms with Crippen LogP contribution in [0.25, 0.3) is 11.1 Å². The predicted octanol–water partition coefficient (Wildman–Crippen LogP) is 7.35. The third-order valence-electron chi connectivity index (χ3n) is 4.06. The molecule has 0 aliphatic carbocycles. The normalized spacial score (nSPS) is 12.1. The van der Waals surface area contributed by atoms with Gasteiger partial charge in [-0.3, -0.25) is 0 Å². The van der Waals surface area contributed by atoms with Gasteiger partial charge in [-0.1, -0.05) is 0 Å². The van der Waals surface area contributed by atoms with E-state index in [1.807, 2.05) is 0 Å². The fraction of sp³-hybridized carbons (Fsp3) is 0.100. The lowest BCUT2D eigenvalue weighted by atomic mass is 10.0. The molecule has 0 fully saturated rings. The Kier molecular flexibility index (Phi) is 6.37. The molecule has 2 nitrogen and oxygen atoms in total. The van der Waals surface area contributed by atoms with Crippen molar-refractivity contribution in [3.05, 3.63) is 82.7 Å². The molecule has 0 aromatic heterocycles. The van der Waals surface area contributed by atoms with Crippen LogP contribution in [0.3, 0.4) is 0 Å². The maximum Gasteiger partial charge on any atom is 0.573 e. The highest BCUT2D eigenvalue weighted by Gasteiger charge is 2.42. The van der Waals surface area contributed by atoms with Gasteiger partial charge in [0.2, 0.25) is 5.75 Å². The average molecular weight is 506 g/mol. The zero-order valence-electron chi connectivity index (χ0n) is 15.8. The minimum Gasteiger partial charge on any atom is -0.429 e. The molecule has 0 aliphatic rings. The minimum absolute atomic E-state index is 0.0521. The summed E-state index contributed by atoms with van der Waals surface area (Å²) in [6.45, 7) is 0. The molecule has 0 saturated heterocycles. The third kappa shape index (κ3) is 5.15. The van der Waals surface area contributed by atoms with E-state index in [0.29, 0.717) is 0 Å². The highest BCUT2D eigenvalue weighted by Crippen LogP contribution is 2.39. The zero-order valence-corrected chi connectivity index (χ0v) is 15.8. The van der Waals surface area contributed by atoms with Crippen LogP contribution in [0.5, 0.6) is 11.5 Å². The molecule has 14 heteroatoms. The van der Waals surface area contributed by atoms with Gasteiger partial charge in [-0.25, -0.2) is 30.7 Å². The van der Waals surface area contributed by atoms with Gasteiger partial charge in [0, 0.05) is 24.3 Å². The smallest absolute Gasteiger partial charge is 0.429 e. The van der Waals surface area contributed by atoms with Crippen molar-refractivity contribution >= 4 is 0 Å². The first kappa shape index (κ1) is 25.1. The molecule has 0 spiro atoms. The van der Waals surface area contributed by atoms with Gasteiger partial charge in [-0.15, -0.1) is 13.2 Å². The summed E-state index contributed by atoms with van der Waals surface area (Å²) in [5.41, 5.74) is -4.27. The summed E-state index contributed by atoms with van der Waals surface area (Å²) in [6, 6.07) is 0.0776. The lowest BCUT2D eigenvalue weighted by Crippen LogP contribution is -2.25. The molecule has 0 radical (unpaired) electrons. The molecule has 0 atom stereocenters. The van der Waals surface area contributed by atoms with Crippen molar-refractivity contribution in [1.82, 2.24) is 0 Å². The van der Waals surface area contributed by atoms with E-state index in [9.17, 15) is 52.7 Å². The van der Waals surface area contributed by atoms with E-state index in [1.54, 1.807) is 0 Å². The van der Waals surface area contributed by atoms with Crippen molar-refractivity contribution in [2.75, 3.05) is 0 Å². The largest absolute Gasteiger partial charge is 0.573 e. The van der Waals surface area contributed by atoms with Crippen molar-refractivity contribution in [2.45, 2.75) is 12.5 Å². The second kappa shape index (κ2) is 8.65. The fourth-order valence-corrected chi connectivity index (χ4v) is 2.82. The second-order valence-electron chi connectivity index (χ2n) is 6.44. The Hall–Kier alpha value is -3.58. The van der Waals surface area contributed by atoms with Gasteiger partial charge >= 0.3 is 12.5 Å². The maximum absolute atomic E-state index is 14.4. The first-order valence-corrected chi connectivity index (χ1v) is 8.55. The van der Waals surface area contributed by atoms with E-state index in [-0.39, 0.29) is 36.4 Å². The monoisotopic (exact) mass is 506 g/mol. The molecule has 3 aromatic carbocycles. The van der Waals surface area contributed by atoms with Gasteiger partial charge in [-0.05, 0) is 17.7 Å². The molecule has 0 saturated carbocycles. The van der Waals surface area contributed by atoms with E-state index >= 15 is 0 Å². The summed E-state index contributed by atoms with van der Waals surface area (Å²) >= 11 is 0. The van der Waals surface area contributed by atoms with Gasteiger partial charge in [-0.2, -0.15) is 8.78 Å². The third-order valence-corrected chi connectivity index (χ3v) is 4.06. The van der Waals surface area contributed by atoms with Crippen LogP contribution in [0.4, 0.5) is 52.7 Å². The number of hydrogen-bond acceptors (Lipinski definition) is 2. The number of benzene rings is 3. The van der Waals surface area contributed by atoms with Crippen LogP contribution in [0.2, 0.25) is 0 Å². The molecule has 0 bridgehead atoms. The van der Waals surface area contributed by atoms with Crippen molar-refractivity contribution in [1.29, 1.82) is 0 Å². The Labute approximate surface area is 180 Å². The Morgan fingerprint density at radius 1 is 0.529 bits per heavy atom. The molecule has 0 N–H and O–H groups in total. The summed E-state index contributed by atoms with van der Waals surface area (Å²) in [4.78, 5) is 0. The Bertz CT molecular complexity index is 1180. The van der Waals surface area contributed by atoms with Crippen molar-refractivity contribution in [2.24, 2.45) is 0 Å². The highest BCUT2D eigenvalue weighted by molar-refractivity contribution is 5.65.